The van der Waals surface area contributed by atoms with E-state index in [0.29, 0.717) is 50.1 Å². The molecule has 8 nitrogen and oxygen atoms in total. The van der Waals surface area contributed by atoms with Gasteiger partial charge in [0.1, 0.15) is 10.9 Å². The van der Waals surface area contributed by atoms with Crippen molar-refractivity contribution in [2.45, 2.75) is 69.9 Å². The van der Waals surface area contributed by atoms with Crippen LogP contribution in [0.2, 0.25) is 5.02 Å². The van der Waals surface area contributed by atoms with Gasteiger partial charge in [-0.25, -0.2) is 4.98 Å². The molecule has 1 aromatic carbocycles. The van der Waals surface area contributed by atoms with Crippen LogP contribution in [0, 0.1) is 19.8 Å². The zero-order valence-electron chi connectivity index (χ0n) is 21.1. The first-order valence-electron chi connectivity index (χ1n) is 11.8. The van der Waals surface area contributed by atoms with Crippen LogP contribution in [-0.4, -0.2) is 53.0 Å². The van der Waals surface area contributed by atoms with E-state index >= 15 is 0 Å². The highest BCUT2D eigenvalue weighted by atomic mass is 35.5. The van der Waals surface area contributed by atoms with Crippen LogP contribution in [0.25, 0.3) is 0 Å². The third kappa shape index (κ3) is 5.04. The van der Waals surface area contributed by atoms with Gasteiger partial charge in [0.2, 0.25) is 0 Å². The van der Waals surface area contributed by atoms with Crippen molar-refractivity contribution in [3.8, 4) is 11.5 Å². The van der Waals surface area contributed by atoms with Gasteiger partial charge in [-0.15, -0.1) is 11.8 Å². The lowest BCUT2D eigenvalue weighted by molar-refractivity contribution is -0.123. The number of aryl methyl sites for hydroxylation is 1. The molecule has 1 aliphatic heterocycles. The van der Waals surface area contributed by atoms with E-state index in [4.69, 9.17) is 21.1 Å². The Morgan fingerprint density at radius 2 is 1.91 bits per heavy atom. The molecule has 0 spiro atoms. The Hall–Kier alpha value is -2.23. The number of H-pyrrole nitrogens is 1. The number of thioether (sulfide) groups is 1. The summed E-state index contributed by atoms with van der Waals surface area (Å²) in [5.41, 5.74) is 1.21. The molecule has 1 unspecified atom stereocenters. The minimum absolute atomic E-state index is 0.0515. The van der Waals surface area contributed by atoms with E-state index in [9.17, 15) is 9.59 Å². The largest absolute Gasteiger partial charge is 0.448 e. The summed E-state index contributed by atoms with van der Waals surface area (Å²) in [6.45, 7) is 5.57. The Bertz CT molecular complexity index is 1190. The van der Waals surface area contributed by atoms with Gasteiger partial charge in [-0.05, 0) is 65.9 Å². The number of nitrogens with zero attached hydrogens (tertiary/aromatic N) is 2. The smallest absolute Gasteiger partial charge is 0.257 e. The molecule has 2 aromatic rings. The Balaban J connectivity index is 1.52. The summed E-state index contributed by atoms with van der Waals surface area (Å²) in [6, 6.07) is 2.18. The van der Waals surface area contributed by atoms with Crippen LogP contribution >= 0.6 is 23.4 Å². The molecule has 1 atom stereocenters. The van der Waals surface area contributed by atoms with Crippen LogP contribution in [0.3, 0.4) is 0 Å². The van der Waals surface area contributed by atoms with Crippen molar-refractivity contribution in [1.29, 1.82) is 0 Å². The van der Waals surface area contributed by atoms with Crippen molar-refractivity contribution in [2.24, 2.45) is 5.92 Å². The van der Waals surface area contributed by atoms with Crippen molar-refractivity contribution in [1.82, 2.24) is 20.2 Å². The minimum atomic E-state index is -0.822. The number of aromatic nitrogens is 2. The average molecular weight is 521 g/mol. The van der Waals surface area contributed by atoms with E-state index in [1.165, 1.54) is 11.8 Å². The van der Waals surface area contributed by atoms with Crippen LogP contribution in [-0.2, 0) is 6.54 Å². The first-order chi connectivity index (χ1) is 16.5. The number of benzene rings is 1. The van der Waals surface area contributed by atoms with E-state index in [1.807, 2.05) is 20.1 Å². The lowest BCUT2D eigenvalue weighted by Gasteiger charge is -2.39. The standard InChI is InChI=1S/C25H33ClN4O4S/c1-13-17(22(31)27-12-18-23(32)28-14(2)29-24(18)35-6)11-19(26)21-20(13)33-25(3,34-21)15-7-9-16(10-8-15)30(4)5/h11,15-16H,7-10,12H2,1-6H3,(H,27,31)(H,28,29,32). The van der Waals surface area contributed by atoms with Gasteiger partial charge < -0.3 is 24.7 Å². The zero-order valence-corrected chi connectivity index (χ0v) is 22.7. The quantitative estimate of drug-likeness (QED) is 0.433. The van der Waals surface area contributed by atoms with Gasteiger partial charge in [0.15, 0.2) is 11.5 Å². The highest BCUT2D eigenvalue weighted by Gasteiger charge is 2.47. The third-order valence-electron chi connectivity index (χ3n) is 7.18. The summed E-state index contributed by atoms with van der Waals surface area (Å²) in [5.74, 6) is 0.594. The van der Waals surface area contributed by atoms with Gasteiger partial charge in [0, 0.05) is 30.0 Å². The van der Waals surface area contributed by atoms with Gasteiger partial charge in [-0.1, -0.05) is 11.6 Å². The maximum absolute atomic E-state index is 13.1. The molecule has 2 aliphatic rings. The fourth-order valence-corrected chi connectivity index (χ4v) is 5.91. The molecule has 1 saturated carbocycles. The first kappa shape index (κ1) is 25.9. The molecule has 0 radical (unpaired) electrons. The third-order valence-corrected chi connectivity index (χ3v) is 8.18. The van der Waals surface area contributed by atoms with Crippen molar-refractivity contribution >= 4 is 29.3 Å². The van der Waals surface area contributed by atoms with Crippen LogP contribution in [0.15, 0.2) is 15.9 Å². The highest BCUT2D eigenvalue weighted by Crippen LogP contribution is 2.51. The topological polar surface area (TPSA) is 96.5 Å². The predicted octanol–water partition coefficient (Wildman–Crippen LogP) is 4.30. The molecule has 35 heavy (non-hydrogen) atoms. The molecule has 10 heteroatoms. The van der Waals surface area contributed by atoms with Gasteiger partial charge in [-0.2, -0.15) is 0 Å². The van der Waals surface area contributed by atoms with E-state index in [2.05, 4.69) is 34.3 Å². The van der Waals surface area contributed by atoms with Crippen LogP contribution in [0.5, 0.6) is 11.5 Å². The molecule has 2 N–H and O–H groups in total. The number of aromatic amines is 1. The Morgan fingerprint density at radius 3 is 2.54 bits per heavy atom. The van der Waals surface area contributed by atoms with Gasteiger partial charge in [0.25, 0.3) is 17.3 Å². The number of hydrogen-bond donors (Lipinski definition) is 2. The number of fused-ring (bicyclic) bond motifs is 1. The average Bonchev–Trinajstić information content (AvgIpc) is 3.20. The van der Waals surface area contributed by atoms with Crippen LogP contribution in [0.1, 0.15) is 59.9 Å². The summed E-state index contributed by atoms with van der Waals surface area (Å²) in [7, 11) is 4.24. The molecule has 0 saturated heterocycles. The summed E-state index contributed by atoms with van der Waals surface area (Å²) in [6.07, 6.45) is 6.00. The molecule has 4 rings (SSSR count). The Kier molecular flexibility index (Phi) is 7.41. The number of carbonyl (C=O) groups excluding carboxylic acids is 1. The number of carbonyl (C=O) groups is 1. The SMILES string of the molecule is CSc1nc(C)[nH]c(=O)c1CNC(=O)c1cc(Cl)c2c(c1C)OC(C)(C1CCC(N(C)C)CC1)O2. The van der Waals surface area contributed by atoms with E-state index in [0.717, 1.165) is 25.7 Å². The fraction of sp³-hybridized carbons (Fsp3) is 0.560. The fourth-order valence-electron chi connectivity index (χ4n) is 5.04. The van der Waals surface area contributed by atoms with Crippen LogP contribution < -0.4 is 20.3 Å². The molecular weight excluding hydrogens is 488 g/mol. The van der Waals surface area contributed by atoms with E-state index in [1.54, 1.807) is 13.0 Å². The van der Waals surface area contributed by atoms with Gasteiger partial charge in [-0.3, -0.25) is 9.59 Å². The number of hydrogen-bond acceptors (Lipinski definition) is 7. The molecular formula is C25H33ClN4O4S. The highest BCUT2D eigenvalue weighted by molar-refractivity contribution is 7.98. The van der Waals surface area contributed by atoms with Gasteiger partial charge >= 0.3 is 0 Å². The molecule has 1 fully saturated rings. The number of ether oxygens (including phenoxy) is 2. The van der Waals surface area contributed by atoms with Gasteiger partial charge in [0.05, 0.1) is 17.1 Å². The first-order valence-corrected chi connectivity index (χ1v) is 13.4. The second kappa shape index (κ2) is 10.0. The Labute approximate surface area is 215 Å². The lowest BCUT2D eigenvalue weighted by atomic mass is 9.81. The molecule has 190 valence electrons. The van der Waals surface area contributed by atoms with E-state index < -0.39 is 5.79 Å². The number of amides is 1. The van der Waals surface area contributed by atoms with Crippen molar-refractivity contribution in [3.63, 3.8) is 0 Å². The minimum Gasteiger partial charge on any atom is -0.448 e. The molecule has 0 bridgehead atoms. The number of rotatable bonds is 6. The van der Waals surface area contributed by atoms with Crippen molar-refractivity contribution in [3.05, 3.63) is 44.0 Å². The van der Waals surface area contributed by atoms with Crippen LogP contribution in [0.4, 0.5) is 0 Å². The summed E-state index contributed by atoms with van der Waals surface area (Å²) >= 11 is 7.93. The lowest BCUT2D eigenvalue weighted by Crippen LogP contribution is -2.46. The molecule has 1 aromatic heterocycles. The second-order valence-corrected chi connectivity index (χ2v) is 10.9. The maximum Gasteiger partial charge on any atom is 0.257 e. The van der Waals surface area contributed by atoms with Crippen molar-refractivity contribution < 1.29 is 14.3 Å². The molecule has 1 aliphatic carbocycles. The maximum atomic E-state index is 13.1. The monoisotopic (exact) mass is 520 g/mol. The number of nitrogens with one attached hydrogen (secondary N) is 2. The second-order valence-electron chi connectivity index (χ2n) is 9.70. The van der Waals surface area contributed by atoms with E-state index in [-0.39, 0.29) is 23.9 Å². The predicted molar refractivity (Wildman–Crippen MR) is 138 cm³/mol. The summed E-state index contributed by atoms with van der Waals surface area (Å²) in [4.78, 5) is 34.8. The van der Waals surface area contributed by atoms with Crippen molar-refractivity contribution in [2.75, 3.05) is 20.4 Å². The Morgan fingerprint density at radius 1 is 1.26 bits per heavy atom. The normalized spacial score (nSPS) is 23.5. The molecule has 1 amide bonds. The summed E-state index contributed by atoms with van der Waals surface area (Å²) < 4.78 is 12.7. The number of halogens is 1. The summed E-state index contributed by atoms with van der Waals surface area (Å²) in [5, 5.41) is 3.76. The molecule has 2 heterocycles. The zero-order chi connectivity index (χ0) is 25.5.